The number of hydrogen-bond acceptors (Lipinski definition) is 7. The lowest BCUT2D eigenvalue weighted by Crippen LogP contribution is -2.36. The van der Waals surface area contributed by atoms with E-state index >= 15 is 0 Å². The van der Waals surface area contributed by atoms with E-state index in [-0.39, 0.29) is 0 Å². The predicted molar refractivity (Wildman–Crippen MR) is 109 cm³/mol. The molecule has 0 bridgehead atoms. The molecule has 1 aliphatic heterocycles. The molecule has 1 aliphatic rings. The molecule has 0 aliphatic carbocycles. The maximum atomic E-state index is 5.45. The van der Waals surface area contributed by atoms with Crippen molar-refractivity contribution in [1.82, 2.24) is 19.9 Å². The van der Waals surface area contributed by atoms with Gasteiger partial charge in [-0.2, -0.15) is 0 Å². The number of rotatable bonds is 6. The highest BCUT2D eigenvalue weighted by molar-refractivity contribution is 7.18. The van der Waals surface area contributed by atoms with Crippen molar-refractivity contribution < 1.29 is 4.74 Å². The monoisotopic (exact) mass is 383 g/mol. The Labute approximate surface area is 163 Å². The van der Waals surface area contributed by atoms with Crippen molar-refractivity contribution in [3.63, 3.8) is 0 Å². The van der Waals surface area contributed by atoms with E-state index in [9.17, 15) is 0 Å². The molecule has 142 valence electrons. The van der Waals surface area contributed by atoms with Gasteiger partial charge in [0.05, 0.1) is 25.1 Å². The lowest BCUT2D eigenvalue weighted by molar-refractivity contribution is 0.0331. The molecule has 3 aromatic rings. The van der Waals surface area contributed by atoms with Crippen LogP contribution in [0, 0.1) is 13.8 Å². The van der Waals surface area contributed by atoms with Crippen molar-refractivity contribution >= 4 is 27.4 Å². The lowest BCUT2D eigenvalue weighted by Gasteiger charge is -2.25. The molecule has 3 aromatic heterocycles. The summed E-state index contributed by atoms with van der Waals surface area (Å²) >= 11 is 1.75. The fourth-order valence-electron chi connectivity index (χ4n) is 3.31. The Bertz CT molecular complexity index is 906. The number of fused-ring (bicyclic) bond motifs is 1. The van der Waals surface area contributed by atoms with Crippen LogP contribution in [0.25, 0.3) is 10.2 Å². The van der Waals surface area contributed by atoms with Gasteiger partial charge in [0.15, 0.2) is 0 Å². The highest BCUT2D eigenvalue weighted by atomic mass is 32.1. The van der Waals surface area contributed by atoms with Crippen molar-refractivity contribution in [2.45, 2.75) is 26.8 Å². The molecular weight excluding hydrogens is 358 g/mol. The van der Waals surface area contributed by atoms with Crippen LogP contribution in [0.2, 0.25) is 0 Å². The number of pyridine rings is 1. The average Bonchev–Trinajstić information content (AvgIpc) is 2.97. The number of aryl methyl sites for hydroxylation is 2. The molecule has 4 heterocycles. The molecule has 0 unspecified atom stereocenters. The minimum Gasteiger partial charge on any atom is -0.379 e. The van der Waals surface area contributed by atoms with Gasteiger partial charge in [0, 0.05) is 42.8 Å². The van der Waals surface area contributed by atoms with Crippen molar-refractivity contribution in [1.29, 1.82) is 0 Å². The van der Waals surface area contributed by atoms with Gasteiger partial charge in [-0.15, -0.1) is 11.3 Å². The molecule has 0 radical (unpaired) electrons. The Morgan fingerprint density at radius 3 is 2.81 bits per heavy atom. The minimum atomic E-state index is 0.768. The first-order chi connectivity index (χ1) is 13.2. The number of hydrogen-bond donors (Lipinski definition) is 1. The zero-order valence-corrected chi connectivity index (χ0v) is 16.7. The van der Waals surface area contributed by atoms with Crippen LogP contribution < -0.4 is 5.32 Å². The quantitative estimate of drug-likeness (QED) is 0.705. The lowest BCUT2D eigenvalue weighted by atomic mass is 10.2. The first-order valence-corrected chi connectivity index (χ1v) is 10.2. The number of aromatic nitrogens is 3. The van der Waals surface area contributed by atoms with Gasteiger partial charge in [-0.3, -0.25) is 9.88 Å². The summed E-state index contributed by atoms with van der Waals surface area (Å²) in [5, 5.41) is 4.70. The summed E-state index contributed by atoms with van der Waals surface area (Å²) in [4.78, 5) is 18.9. The summed E-state index contributed by atoms with van der Waals surface area (Å²) in [6.45, 7) is 9.32. The second kappa shape index (κ2) is 8.29. The Kier molecular flexibility index (Phi) is 5.61. The van der Waals surface area contributed by atoms with E-state index in [0.29, 0.717) is 0 Å². The van der Waals surface area contributed by atoms with Gasteiger partial charge >= 0.3 is 0 Å². The van der Waals surface area contributed by atoms with E-state index in [2.05, 4.69) is 35.1 Å². The molecular formula is C20H25N5OS. The van der Waals surface area contributed by atoms with Crippen LogP contribution in [-0.4, -0.2) is 52.7 Å². The van der Waals surface area contributed by atoms with Gasteiger partial charge in [0.25, 0.3) is 0 Å². The zero-order valence-electron chi connectivity index (χ0n) is 15.9. The second-order valence-electron chi connectivity index (χ2n) is 6.84. The highest BCUT2D eigenvalue weighted by Crippen LogP contribution is 2.33. The van der Waals surface area contributed by atoms with E-state index in [0.717, 1.165) is 73.4 Å². The SMILES string of the molecule is Cc1sc2nc(CN3CCOCC3)nc(NCCc3ccccn3)c2c1C. The molecule has 0 aromatic carbocycles. The summed E-state index contributed by atoms with van der Waals surface area (Å²) in [6.07, 6.45) is 2.71. The fourth-order valence-corrected chi connectivity index (χ4v) is 4.35. The van der Waals surface area contributed by atoms with Gasteiger partial charge in [0.2, 0.25) is 0 Å². The van der Waals surface area contributed by atoms with E-state index in [1.54, 1.807) is 11.3 Å². The average molecular weight is 384 g/mol. The van der Waals surface area contributed by atoms with Crippen LogP contribution >= 0.6 is 11.3 Å². The van der Waals surface area contributed by atoms with Gasteiger partial charge < -0.3 is 10.1 Å². The normalized spacial score (nSPS) is 15.3. The van der Waals surface area contributed by atoms with Crippen molar-refractivity contribution in [3.8, 4) is 0 Å². The van der Waals surface area contributed by atoms with Crippen molar-refractivity contribution in [2.24, 2.45) is 0 Å². The maximum absolute atomic E-state index is 5.45. The van der Waals surface area contributed by atoms with Crippen molar-refractivity contribution in [3.05, 3.63) is 46.4 Å². The number of thiophene rings is 1. The van der Waals surface area contributed by atoms with Crippen LogP contribution in [0.1, 0.15) is 22.0 Å². The topological polar surface area (TPSA) is 63.2 Å². The fraction of sp³-hybridized carbons (Fsp3) is 0.450. The van der Waals surface area contributed by atoms with Crippen LogP contribution in [-0.2, 0) is 17.7 Å². The molecule has 1 fully saturated rings. The number of nitrogens with zero attached hydrogens (tertiary/aromatic N) is 4. The summed E-state index contributed by atoms with van der Waals surface area (Å²) in [5.41, 5.74) is 2.36. The summed E-state index contributed by atoms with van der Waals surface area (Å²) in [5.74, 6) is 1.83. The number of nitrogens with one attached hydrogen (secondary N) is 1. The van der Waals surface area contributed by atoms with Crippen molar-refractivity contribution in [2.75, 3.05) is 38.2 Å². The first kappa shape index (κ1) is 18.3. The first-order valence-electron chi connectivity index (χ1n) is 9.41. The summed E-state index contributed by atoms with van der Waals surface area (Å²) in [7, 11) is 0. The minimum absolute atomic E-state index is 0.768. The van der Waals surface area contributed by atoms with Gasteiger partial charge in [-0.1, -0.05) is 6.07 Å². The summed E-state index contributed by atoms with van der Waals surface area (Å²) in [6, 6.07) is 6.03. The molecule has 0 saturated carbocycles. The molecule has 7 heteroatoms. The largest absolute Gasteiger partial charge is 0.379 e. The third kappa shape index (κ3) is 4.26. The van der Waals surface area contributed by atoms with E-state index in [1.165, 1.54) is 10.4 Å². The van der Waals surface area contributed by atoms with Crippen LogP contribution in [0.5, 0.6) is 0 Å². The van der Waals surface area contributed by atoms with E-state index < -0.39 is 0 Å². The maximum Gasteiger partial charge on any atom is 0.146 e. The second-order valence-corrected chi connectivity index (χ2v) is 8.04. The molecule has 0 amide bonds. The number of morpholine rings is 1. The van der Waals surface area contributed by atoms with Gasteiger partial charge in [0.1, 0.15) is 16.5 Å². The Morgan fingerprint density at radius 1 is 1.19 bits per heavy atom. The number of anilines is 1. The Balaban J connectivity index is 1.56. The van der Waals surface area contributed by atoms with Gasteiger partial charge in [-0.05, 0) is 31.5 Å². The Hall–Kier alpha value is -2.09. The molecule has 27 heavy (non-hydrogen) atoms. The smallest absolute Gasteiger partial charge is 0.146 e. The van der Waals surface area contributed by atoms with E-state index in [1.807, 2.05) is 18.3 Å². The molecule has 0 atom stereocenters. The van der Waals surface area contributed by atoms with E-state index in [4.69, 9.17) is 14.7 Å². The molecule has 4 rings (SSSR count). The molecule has 1 saturated heterocycles. The summed E-state index contributed by atoms with van der Waals surface area (Å²) < 4.78 is 5.45. The van der Waals surface area contributed by atoms with Crippen LogP contribution in [0.3, 0.4) is 0 Å². The standard InChI is InChI=1S/C20H25N5OS/c1-14-15(2)27-20-18(14)19(22-8-6-16-5-3-4-7-21-16)23-17(24-20)13-25-9-11-26-12-10-25/h3-5,7H,6,8-13H2,1-2H3,(H,22,23,24). The Morgan fingerprint density at radius 2 is 2.04 bits per heavy atom. The molecule has 6 nitrogen and oxygen atoms in total. The molecule has 1 N–H and O–H groups in total. The van der Waals surface area contributed by atoms with Crippen LogP contribution in [0.15, 0.2) is 24.4 Å². The predicted octanol–water partition coefficient (Wildman–Crippen LogP) is 3.19. The molecule has 0 spiro atoms. The third-order valence-electron chi connectivity index (χ3n) is 4.94. The van der Waals surface area contributed by atoms with Crippen LogP contribution in [0.4, 0.5) is 5.82 Å². The zero-order chi connectivity index (χ0) is 18.6. The number of ether oxygens (including phenoxy) is 1. The van der Waals surface area contributed by atoms with Gasteiger partial charge in [-0.25, -0.2) is 9.97 Å². The third-order valence-corrected chi connectivity index (χ3v) is 6.04. The highest BCUT2D eigenvalue weighted by Gasteiger charge is 2.17.